The van der Waals surface area contributed by atoms with Crippen molar-refractivity contribution in [1.29, 1.82) is 5.26 Å². The van der Waals surface area contributed by atoms with Crippen LogP contribution < -0.4 is 4.72 Å². The number of nitrogens with zero attached hydrogens (tertiary/aromatic N) is 3. The lowest BCUT2D eigenvalue weighted by Gasteiger charge is -2.38. The number of nitriles is 1. The van der Waals surface area contributed by atoms with Crippen LogP contribution in [0.15, 0.2) is 23.1 Å². The van der Waals surface area contributed by atoms with Gasteiger partial charge in [-0.1, -0.05) is 19.9 Å². The van der Waals surface area contributed by atoms with E-state index in [-0.39, 0.29) is 35.7 Å². The van der Waals surface area contributed by atoms with E-state index in [2.05, 4.69) is 15.7 Å². The molecule has 1 saturated heterocycles. The Morgan fingerprint density at radius 3 is 2.36 bits per heavy atom. The van der Waals surface area contributed by atoms with E-state index in [1.54, 1.807) is 23.1 Å². The number of nitrogens with one attached hydrogen (secondary N) is 1. The molecule has 28 heavy (non-hydrogen) atoms. The molecule has 1 aromatic rings. The lowest BCUT2D eigenvalue weighted by atomic mass is 10.0. The molecule has 0 aliphatic carbocycles. The second-order valence-electron chi connectivity index (χ2n) is 7.63. The number of piperazine rings is 1. The maximum atomic E-state index is 12.4. The third-order valence-electron chi connectivity index (χ3n) is 5.24. The Morgan fingerprint density at radius 1 is 1.18 bits per heavy atom. The van der Waals surface area contributed by atoms with Crippen LogP contribution in [0.4, 0.5) is 0 Å². The third kappa shape index (κ3) is 5.53. The van der Waals surface area contributed by atoms with E-state index >= 15 is 0 Å². The first-order valence-electron chi connectivity index (χ1n) is 9.64. The van der Waals surface area contributed by atoms with Crippen molar-refractivity contribution in [3.05, 3.63) is 29.3 Å². The van der Waals surface area contributed by atoms with Crippen molar-refractivity contribution < 1.29 is 13.2 Å². The van der Waals surface area contributed by atoms with Crippen LogP contribution in [0.2, 0.25) is 0 Å². The van der Waals surface area contributed by atoms with Crippen LogP contribution in [0, 0.1) is 31.1 Å². The molecule has 1 fully saturated rings. The standard InChI is InChI=1S/C20H30N4O3S/c1-15(2)19(14-21)23-9-11-24(12-10-23)20(25)7-8-22-28(26,27)18-6-5-16(3)17(4)13-18/h5-6,13,15,19,22H,7-12H2,1-4H3. The van der Waals surface area contributed by atoms with Gasteiger partial charge in [0.15, 0.2) is 0 Å². The van der Waals surface area contributed by atoms with Crippen molar-refractivity contribution in [2.45, 2.75) is 45.1 Å². The molecule has 1 atom stereocenters. The van der Waals surface area contributed by atoms with Crippen LogP contribution in [0.3, 0.4) is 0 Å². The van der Waals surface area contributed by atoms with Gasteiger partial charge in [-0.25, -0.2) is 13.1 Å². The van der Waals surface area contributed by atoms with Gasteiger partial charge in [0.25, 0.3) is 0 Å². The summed E-state index contributed by atoms with van der Waals surface area (Å²) in [6.07, 6.45) is 0.121. The quantitative estimate of drug-likeness (QED) is 0.743. The van der Waals surface area contributed by atoms with Crippen molar-refractivity contribution >= 4 is 15.9 Å². The number of carbonyl (C=O) groups is 1. The van der Waals surface area contributed by atoms with Crippen LogP contribution in [-0.2, 0) is 14.8 Å². The fourth-order valence-electron chi connectivity index (χ4n) is 3.32. The number of amides is 1. The summed E-state index contributed by atoms with van der Waals surface area (Å²) >= 11 is 0. The molecule has 0 radical (unpaired) electrons. The fraction of sp³-hybridized carbons (Fsp3) is 0.600. The average molecular weight is 407 g/mol. The summed E-state index contributed by atoms with van der Waals surface area (Å²) in [6.45, 7) is 10.4. The Labute approximate surface area is 168 Å². The summed E-state index contributed by atoms with van der Waals surface area (Å²) in [4.78, 5) is 16.5. The Morgan fingerprint density at radius 2 is 1.82 bits per heavy atom. The first kappa shape index (κ1) is 22.3. The van der Waals surface area contributed by atoms with Crippen molar-refractivity contribution in [3.8, 4) is 6.07 Å². The molecule has 8 heteroatoms. The normalized spacial score (nSPS) is 16.8. The summed E-state index contributed by atoms with van der Waals surface area (Å²) in [7, 11) is -3.62. The molecular formula is C20H30N4O3S. The number of hydrogen-bond donors (Lipinski definition) is 1. The van der Waals surface area contributed by atoms with Crippen LogP contribution in [-0.4, -0.2) is 62.9 Å². The Hall–Kier alpha value is -1.95. The largest absolute Gasteiger partial charge is 0.340 e. The molecule has 1 heterocycles. The molecule has 0 bridgehead atoms. The van der Waals surface area contributed by atoms with Crippen LogP contribution in [0.25, 0.3) is 0 Å². The first-order valence-corrected chi connectivity index (χ1v) is 11.1. The number of hydrogen-bond acceptors (Lipinski definition) is 5. The highest BCUT2D eigenvalue weighted by Gasteiger charge is 2.27. The SMILES string of the molecule is Cc1ccc(S(=O)(=O)NCCC(=O)N2CCN(C(C#N)C(C)C)CC2)cc1C. The van der Waals surface area contributed by atoms with Crippen molar-refractivity contribution in [2.75, 3.05) is 32.7 Å². The Kier molecular flexibility index (Phi) is 7.58. The van der Waals surface area contributed by atoms with E-state index < -0.39 is 10.0 Å². The first-order chi connectivity index (χ1) is 13.2. The Balaban J connectivity index is 1.83. The number of sulfonamides is 1. The van der Waals surface area contributed by atoms with E-state index in [1.807, 2.05) is 27.7 Å². The van der Waals surface area contributed by atoms with Crippen molar-refractivity contribution in [3.63, 3.8) is 0 Å². The van der Waals surface area contributed by atoms with Gasteiger partial charge in [-0.2, -0.15) is 5.26 Å². The minimum Gasteiger partial charge on any atom is -0.340 e. The zero-order chi connectivity index (χ0) is 20.9. The molecule has 1 aliphatic rings. The van der Waals surface area contributed by atoms with E-state index in [9.17, 15) is 18.5 Å². The fourth-order valence-corrected chi connectivity index (χ4v) is 4.43. The minimum absolute atomic E-state index is 0.0690. The second-order valence-corrected chi connectivity index (χ2v) is 9.40. The van der Waals surface area contributed by atoms with E-state index in [0.29, 0.717) is 26.2 Å². The van der Waals surface area contributed by atoms with Gasteiger partial charge in [-0.3, -0.25) is 9.69 Å². The van der Waals surface area contributed by atoms with E-state index in [0.717, 1.165) is 11.1 Å². The molecule has 0 aromatic heterocycles. The molecule has 1 N–H and O–H groups in total. The lowest BCUT2D eigenvalue weighted by Crippen LogP contribution is -2.53. The molecule has 154 valence electrons. The smallest absolute Gasteiger partial charge is 0.240 e. The third-order valence-corrected chi connectivity index (χ3v) is 6.70. The zero-order valence-corrected chi connectivity index (χ0v) is 17.9. The highest BCUT2D eigenvalue weighted by molar-refractivity contribution is 7.89. The van der Waals surface area contributed by atoms with Crippen LogP contribution in [0.5, 0.6) is 0 Å². The van der Waals surface area contributed by atoms with Gasteiger partial charge in [-0.05, 0) is 43.0 Å². The maximum absolute atomic E-state index is 12.4. The second kappa shape index (κ2) is 9.50. The van der Waals surface area contributed by atoms with Gasteiger partial charge in [0.1, 0.15) is 6.04 Å². The summed E-state index contributed by atoms with van der Waals surface area (Å²) < 4.78 is 27.3. The summed E-state index contributed by atoms with van der Waals surface area (Å²) in [6, 6.07) is 7.19. The summed E-state index contributed by atoms with van der Waals surface area (Å²) in [5.41, 5.74) is 1.94. The molecule has 0 saturated carbocycles. The molecule has 0 spiro atoms. The molecule has 1 amide bonds. The zero-order valence-electron chi connectivity index (χ0n) is 17.1. The van der Waals surface area contributed by atoms with E-state index in [4.69, 9.17) is 0 Å². The van der Waals surface area contributed by atoms with Crippen LogP contribution in [0.1, 0.15) is 31.4 Å². The monoisotopic (exact) mass is 406 g/mol. The average Bonchev–Trinajstić information content (AvgIpc) is 2.64. The predicted molar refractivity (Wildman–Crippen MR) is 108 cm³/mol. The number of benzene rings is 1. The Bertz CT molecular complexity index is 837. The van der Waals surface area contributed by atoms with Gasteiger partial charge in [-0.15, -0.1) is 0 Å². The molecule has 7 nitrogen and oxygen atoms in total. The highest BCUT2D eigenvalue weighted by atomic mass is 32.2. The molecule has 1 aromatic carbocycles. The van der Waals surface area contributed by atoms with Crippen molar-refractivity contribution in [2.24, 2.45) is 5.92 Å². The maximum Gasteiger partial charge on any atom is 0.240 e. The number of rotatable bonds is 7. The van der Waals surface area contributed by atoms with E-state index in [1.165, 1.54) is 0 Å². The predicted octanol–water partition coefficient (Wildman–Crippen LogP) is 1.66. The lowest BCUT2D eigenvalue weighted by molar-refractivity contribution is -0.133. The summed E-state index contributed by atoms with van der Waals surface area (Å²) in [5, 5.41) is 9.31. The number of aryl methyl sites for hydroxylation is 2. The van der Waals surface area contributed by atoms with Crippen molar-refractivity contribution in [1.82, 2.24) is 14.5 Å². The molecule has 1 aliphatic heterocycles. The van der Waals surface area contributed by atoms with Gasteiger partial charge >= 0.3 is 0 Å². The van der Waals surface area contributed by atoms with Gasteiger partial charge in [0, 0.05) is 39.1 Å². The molecular weight excluding hydrogens is 376 g/mol. The number of carbonyl (C=O) groups excluding carboxylic acids is 1. The molecule has 2 rings (SSSR count). The van der Waals surface area contributed by atoms with Gasteiger partial charge in [0.05, 0.1) is 11.0 Å². The topological polar surface area (TPSA) is 93.5 Å². The van der Waals surface area contributed by atoms with Gasteiger partial charge in [0.2, 0.25) is 15.9 Å². The molecule has 1 unspecified atom stereocenters. The minimum atomic E-state index is -3.62. The summed E-state index contributed by atoms with van der Waals surface area (Å²) in [5.74, 6) is 0.174. The highest BCUT2D eigenvalue weighted by Crippen LogP contribution is 2.15. The van der Waals surface area contributed by atoms with Crippen LogP contribution >= 0.6 is 0 Å². The van der Waals surface area contributed by atoms with Gasteiger partial charge < -0.3 is 4.90 Å².